The molecule has 0 aliphatic rings. The monoisotopic (exact) mass is 326 g/mol. The van der Waals surface area contributed by atoms with Crippen molar-refractivity contribution >= 4 is 11.9 Å². The lowest BCUT2D eigenvalue weighted by molar-refractivity contribution is -0.139. The Morgan fingerprint density at radius 1 is 0.682 bits per heavy atom. The van der Waals surface area contributed by atoms with E-state index in [0.717, 1.165) is 0 Å². The summed E-state index contributed by atoms with van der Waals surface area (Å²) < 4.78 is 0. The molecule has 0 rings (SSSR count). The molecule has 0 atom stereocenters. The van der Waals surface area contributed by atoms with Crippen molar-refractivity contribution in [1.82, 2.24) is 0 Å². The number of rotatable bonds is 7. The summed E-state index contributed by atoms with van der Waals surface area (Å²) in [6.07, 6.45) is -1.28. The molecule has 0 spiro atoms. The zero-order chi connectivity index (χ0) is 18.3. The number of carboxylic acids is 2. The van der Waals surface area contributed by atoms with Gasteiger partial charge in [-0.2, -0.15) is 0 Å². The van der Waals surface area contributed by atoms with Gasteiger partial charge < -0.3 is 30.6 Å². The molecule has 0 aliphatic heterocycles. The molecule has 0 saturated heterocycles. The minimum atomic E-state index is -1.15. The van der Waals surface area contributed by atoms with Crippen LogP contribution in [0.5, 0.6) is 0 Å². The second-order valence-electron chi connectivity index (χ2n) is 5.31. The highest BCUT2D eigenvalue weighted by Crippen LogP contribution is 1.98. The molecule has 0 aromatic rings. The summed E-state index contributed by atoms with van der Waals surface area (Å²) in [5.74, 6) is -1.81. The van der Waals surface area contributed by atoms with Crippen LogP contribution in [0.15, 0.2) is 0 Å². The predicted octanol–water partition coefficient (Wildman–Crippen LogP) is 0.622. The van der Waals surface area contributed by atoms with Gasteiger partial charge in [-0.1, -0.05) is 27.7 Å². The van der Waals surface area contributed by atoms with Gasteiger partial charge in [0.15, 0.2) is 12.6 Å². The van der Waals surface area contributed by atoms with Crippen LogP contribution in [0.1, 0.15) is 53.4 Å². The molecule has 0 aromatic heterocycles. The smallest absolute Gasteiger partial charge is 0.303 e. The van der Waals surface area contributed by atoms with Gasteiger partial charge in [-0.3, -0.25) is 9.59 Å². The van der Waals surface area contributed by atoms with Crippen LogP contribution in [-0.2, 0) is 9.59 Å². The molecule has 0 aliphatic carbocycles. The van der Waals surface area contributed by atoms with Crippen LogP contribution < -0.4 is 0 Å². The normalized spacial score (nSPS) is 10.2. The third-order valence-corrected chi connectivity index (χ3v) is 2.22. The van der Waals surface area contributed by atoms with Gasteiger partial charge in [-0.05, 0) is 12.8 Å². The highest BCUT2D eigenvalue weighted by Gasteiger charge is 2.00. The molecule has 0 heterocycles. The van der Waals surface area contributed by atoms with Crippen molar-refractivity contribution in [3.8, 4) is 0 Å². The minimum absolute atomic E-state index is 0.0370. The Kier molecular flexibility index (Phi) is 18.9. The summed E-state index contributed by atoms with van der Waals surface area (Å²) in [7, 11) is 0. The van der Waals surface area contributed by atoms with Crippen LogP contribution in [0, 0.1) is 11.8 Å². The Morgan fingerprint density at radius 3 is 0.955 bits per heavy atom. The first-order chi connectivity index (χ1) is 9.91. The lowest BCUT2D eigenvalue weighted by Crippen LogP contribution is -2.11. The van der Waals surface area contributed by atoms with Gasteiger partial charge in [0.25, 0.3) is 0 Å². The SMILES string of the molecule is CC(C)C(O)O.CC(C)C(O)O.O=C(O)CCCCC(=O)O. The van der Waals surface area contributed by atoms with Crippen LogP contribution in [0.2, 0.25) is 0 Å². The summed E-state index contributed by atoms with van der Waals surface area (Å²) in [4.78, 5) is 19.8. The Labute approximate surface area is 131 Å². The first-order valence-corrected chi connectivity index (χ1v) is 7.07. The number of aliphatic hydroxyl groups is 4. The lowest BCUT2D eigenvalue weighted by atomic mass is 10.2. The van der Waals surface area contributed by atoms with Crippen LogP contribution >= 0.6 is 0 Å². The van der Waals surface area contributed by atoms with E-state index in [4.69, 9.17) is 30.6 Å². The maximum atomic E-state index is 9.90. The van der Waals surface area contributed by atoms with Gasteiger partial charge in [0.2, 0.25) is 0 Å². The number of hydrogen-bond donors (Lipinski definition) is 6. The van der Waals surface area contributed by atoms with E-state index in [1.807, 2.05) is 0 Å². The standard InChI is InChI=1S/C6H10O4.2C4H10O2/c7-5(8)3-1-2-4-6(9)10;2*1-3(2)4(5)6/h1-4H2,(H,7,8)(H,9,10);2*3-6H,1-2H3. The fourth-order valence-electron chi connectivity index (χ4n) is 0.552. The fourth-order valence-corrected chi connectivity index (χ4v) is 0.552. The summed E-state index contributed by atoms with van der Waals surface area (Å²) >= 11 is 0. The molecule has 6 N–H and O–H groups in total. The quantitative estimate of drug-likeness (QED) is 0.294. The van der Waals surface area contributed by atoms with Gasteiger partial charge in [0.05, 0.1) is 0 Å². The third-order valence-electron chi connectivity index (χ3n) is 2.22. The number of hydrogen-bond acceptors (Lipinski definition) is 6. The average molecular weight is 326 g/mol. The largest absolute Gasteiger partial charge is 0.481 e. The highest BCUT2D eigenvalue weighted by molar-refractivity contribution is 5.67. The molecule has 0 amide bonds. The number of carboxylic acid groups (broad SMARTS) is 2. The molecule has 0 radical (unpaired) electrons. The maximum absolute atomic E-state index is 9.90. The molecule has 0 fully saturated rings. The topological polar surface area (TPSA) is 156 Å². The third kappa shape index (κ3) is 31.3. The average Bonchev–Trinajstić information content (AvgIpc) is 2.35. The molecule has 134 valence electrons. The van der Waals surface area contributed by atoms with Crippen LogP contribution in [0.4, 0.5) is 0 Å². The lowest BCUT2D eigenvalue weighted by Gasteiger charge is -2.03. The molecule has 8 heteroatoms. The first-order valence-electron chi connectivity index (χ1n) is 7.07. The van der Waals surface area contributed by atoms with Gasteiger partial charge in [0, 0.05) is 24.7 Å². The number of unbranched alkanes of at least 4 members (excludes halogenated alkanes) is 1. The van der Waals surface area contributed by atoms with E-state index in [2.05, 4.69) is 0 Å². The van der Waals surface area contributed by atoms with E-state index in [0.29, 0.717) is 12.8 Å². The maximum Gasteiger partial charge on any atom is 0.303 e. The summed E-state index contributed by atoms with van der Waals surface area (Å²) in [5, 5.41) is 49.0. The minimum Gasteiger partial charge on any atom is -0.481 e. The Balaban J connectivity index is -0.000000261. The van der Waals surface area contributed by atoms with Crippen molar-refractivity contribution in [2.75, 3.05) is 0 Å². The molecular formula is C14H30O8. The first kappa shape index (κ1) is 25.7. The van der Waals surface area contributed by atoms with E-state index in [1.54, 1.807) is 27.7 Å². The Hall–Kier alpha value is -1.22. The zero-order valence-corrected chi connectivity index (χ0v) is 13.6. The Morgan fingerprint density at radius 2 is 0.864 bits per heavy atom. The summed E-state index contributed by atoms with van der Waals surface area (Å²) in [6, 6.07) is 0. The van der Waals surface area contributed by atoms with Crippen LogP contribution in [0.25, 0.3) is 0 Å². The number of carbonyl (C=O) groups is 2. The van der Waals surface area contributed by atoms with Crippen molar-refractivity contribution in [2.45, 2.75) is 66.0 Å². The number of aliphatic carboxylic acids is 2. The van der Waals surface area contributed by atoms with E-state index in [-0.39, 0.29) is 24.7 Å². The van der Waals surface area contributed by atoms with Crippen molar-refractivity contribution in [2.24, 2.45) is 11.8 Å². The predicted molar refractivity (Wildman–Crippen MR) is 79.9 cm³/mol. The molecule has 0 aromatic carbocycles. The van der Waals surface area contributed by atoms with Crippen molar-refractivity contribution < 1.29 is 40.2 Å². The van der Waals surface area contributed by atoms with Gasteiger partial charge in [-0.15, -0.1) is 0 Å². The molecule has 22 heavy (non-hydrogen) atoms. The second-order valence-corrected chi connectivity index (χ2v) is 5.31. The number of aliphatic hydroxyl groups excluding tert-OH is 2. The molecule has 0 bridgehead atoms. The van der Waals surface area contributed by atoms with E-state index < -0.39 is 24.5 Å². The summed E-state index contributed by atoms with van der Waals surface area (Å²) in [6.45, 7) is 6.96. The Bertz CT molecular complexity index is 234. The van der Waals surface area contributed by atoms with Crippen molar-refractivity contribution in [3.63, 3.8) is 0 Å². The van der Waals surface area contributed by atoms with Crippen molar-refractivity contribution in [3.05, 3.63) is 0 Å². The van der Waals surface area contributed by atoms with Gasteiger partial charge in [0.1, 0.15) is 0 Å². The van der Waals surface area contributed by atoms with Crippen molar-refractivity contribution in [1.29, 1.82) is 0 Å². The van der Waals surface area contributed by atoms with E-state index in [1.165, 1.54) is 0 Å². The molecule has 0 saturated carbocycles. The van der Waals surface area contributed by atoms with Crippen LogP contribution in [0.3, 0.4) is 0 Å². The van der Waals surface area contributed by atoms with E-state index in [9.17, 15) is 9.59 Å². The van der Waals surface area contributed by atoms with E-state index >= 15 is 0 Å². The van der Waals surface area contributed by atoms with Gasteiger partial charge in [-0.25, -0.2) is 0 Å². The fraction of sp³-hybridized carbons (Fsp3) is 0.857. The highest BCUT2D eigenvalue weighted by atomic mass is 16.5. The summed E-state index contributed by atoms with van der Waals surface area (Å²) in [5.41, 5.74) is 0. The molecule has 8 nitrogen and oxygen atoms in total. The zero-order valence-electron chi connectivity index (χ0n) is 13.6. The van der Waals surface area contributed by atoms with Crippen LogP contribution in [-0.4, -0.2) is 55.2 Å². The van der Waals surface area contributed by atoms with Gasteiger partial charge >= 0.3 is 11.9 Å². The molecular weight excluding hydrogens is 296 g/mol. The molecule has 0 unspecified atom stereocenters. The second kappa shape index (κ2) is 16.2.